The van der Waals surface area contributed by atoms with Gasteiger partial charge in [0.1, 0.15) is 12.4 Å². The maximum Gasteiger partial charge on any atom is 0.338 e. The van der Waals surface area contributed by atoms with Crippen LogP contribution in [-0.2, 0) is 16.1 Å². The van der Waals surface area contributed by atoms with Gasteiger partial charge in [-0.05, 0) is 67.4 Å². The van der Waals surface area contributed by atoms with Gasteiger partial charge in [-0.15, -0.1) is 0 Å². The highest BCUT2D eigenvalue weighted by molar-refractivity contribution is 9.10. The molecule has 1 aliphatic heterocycles. The van der Waals surface area contributed by atoms with Crippen LogP contribution in [0.15, 0.2) is 80.1 Å². The molecule has 5 rings (SSSR count). The first-order valence-corrected chi connectivity index (χ1v) is 15.8. The van der Waals surface area contributed by atoms with E-state index in [-0.39, 0.29) is 24.3 Å². The summed E-state index contributed by atoms with van der Waals surface area (Å²) in [7, 11) is 3.06. The van der Waals surface area contributed by atoms with Crippen LogP contribution in [0.2, 0.25) is 10.0 Å². The van der Waals surface area contributed by atoms with Gasteiger partial charge in [-0.1, -0.05) is 68.7 Å². The molecule has 2 heterocycles. The Morgan fingerprint density at radius 1 is 1.09 bits per heavy atom. The average molecular weight is 718 g/mol. The fraction of sp³-hybridized carbons (Fsp3) is 0.219. The first kappa shape index (κ1) is 31.8. The SMILES string of the molecule is CCOC(=O)C1=C(C)N=c2s/c(=C\c3cccc(OCc4ccc(Cl)cc4Cl)c3)c(=O)n2[C@H]1c1cc(OC)c(OC)cc1Br. The maximum absolute atomic E-state index is 14.1. The average Bonchev–Trinajstić information content (AvgIpc) is 3.29. The predicted octanol–water partition coefficient (Wildman–Crippen LogP) is 6.46. The summed E-state index contributed by atoms with van der Waals surface area (Å²) < 4.78 is 25.0. The summed E-state index contributed by atoms with van der Waals surface area (Å²) in [5, 5.41) is 1.07. The molecule has 0 bridgehead atoms. The molecular formula is C32H27BrCl2N2O6S. The Morgan fingerprint density at radius 3 is 2.55 bits per heavy atom. The molecule has 0 N–H and O–H groups in total. The molecule has 0 spiro atoms. The van der Waals surface area contributed by atoms with E-state index in [4.69, 9.17) is 42.1 Å². The lowest BCUT2D eigenvalue weighted by atomic mass is 9.95. The van der Waals surface area contributed by atoms with Crippen molar-refractivity contribution in [1.82, 2.24) is 4.57 Å². The number of fused-ring (bicyclic) bond motifs is 1. The number of methoxy groups -OCH3 is 2. The zero-order chi connectivity index (χ0) is 31.5. The number of hydrogen-bond donors (Lipinski definition) is 0. The van der Waals surface area contributed by atoms with Gasteiger partial charge >= 0.3 is 5.97 Å². The van der Waals surface area contributed by atoms with Gasteiger partial charge in [0, 0.05) is 20.1 Å². The van der Waals surface area contributed by atoms with Crippen molar-refractivity contribution in [2.75, 3.05) is 20.8 Å². The lowest BCUT2D eigenvalue weighted by molar-refractivity contribution is -0.139. The zero-order valence-corrected chi connectivity index (χ0v) is 28.1. The number of thiazole rings is 1. The number of ether oxygens (including phenoxy) is 4. The van der Waals surface area contributed by atoms with E-state index >= 15 is 0 Å². The number of allylic oxidation sites excluding steroid dienone is 1. The number of halogens is 3. The smallest absolute Gasteiger partial charge is 0.338 e. The maximum atomic E-state index is 14.1. The third-order valence-electron chi connectivity index (χ3n) is 6.88. The fourth-order valence-electron chi connectivity index (χ4n) is 4.81. The van der Waals surface area contributed by atoms with E-state index in [9.17, 15) is 9.59 Å². The number of carbonyl (C=O) groups is 1. The van der Waals surface area contributed by atoms with Crippen LogP contribution < -0.4 is 29.1 Å². The van der Waals surface area contributed by atoms with Crippen molar-refractivity contribution in [2.45, 2.75) is 26.5 Å². The summed E-state index contributed by atoms with van der Waals surface area (Å²) in [5.74, 6) is 0.988. The minimum absolute atomic E-state index is 0.169. The van der Waals surface area contributed by atoms with Crippen LogP contribution in [0, 0.1) is 0 Å². The molecule has 4 aromatic rings. The molecule has 0 saturated heterocycles. The molecule has 228 valence electrons. The topological polar surface area (TPSA) is 88.4 Å². The molecule has 8 nitrogen and oxygen atoms in total. The lowest BCUT2D eigenvalue weighted by Crippen LogP contribution is -2.40. The molecule has 0 saturated carbocycles. The fourth-order valence-corrected chi connectivity index (χ4v) is 6.86. The second kappa shape index (κ2) is 13.6. The monoisotopic (exact) mass is 716 g/mol. The molecular weight excluding hydrogens is 691 g/mol. The summed E-state index contributed by atoms with van der Waals surface area (Å²) >= 11 is 17.1. The Labute approximate surface area is 275 Å². The molecule has 12 heteroatoms. The van der Waals surface area contributed by atoms with Crippen molar-refractivity contribution >= 4 is 62.5 Å². The highest BCUT2D eigenvalue weighted by Gasteiger charge is 2.35. The Bertz CT molecular complexity index is 1970. The van der Waals surface area contributed by atoms with Gasteiger partial charge in [0.2, 0.25) is 0 Å². The molecule has 0 unspecified atom stereocenters. The van der Waals surface area contributed by atoms with Crippen molar-refractivity contribution in [2.24, 2.45) is 4.99 Å². The van der Waals surface area contributed by atoms with E-state index in [1.54, 1.807) is 44.2 Å². The van der Waals surface area contributed by atoms with Crippen molar-refractivity contribution in [1.29, 1.82) is 0 Å². The molecule has 1 aromatic heterocycles. The number of nitrogens with zero attached hydrogens (tertiary/aromatic N) is 2. The Balaban J connectivity index is 1.59. The minimum atomic E-state index is -0.833. The number of rotatable bonds is 9. The summed E-state index contributed by atoms with van der Waals surface area (Å²) in [6, 6.07) is 15.3. The van der Waals surface area contributed by atoms with E-state index in [0.717, 1.165) is 11.1 Å². The standard InChI is InChI=1S/C32H27BrCl2N2O6S/c1-5-42-31(39)28-17(2)36-32-37(29(28)22-14-25(40-3)26(41-4)15-23(22)33)30(38)27(44-32)12-18-7-6-8-21(11-18)43-16-19-9-10-20(34)13-24(19)35/h6-15,29H,5,16H2,1-4H3/b27-12-/t29-/m0/s1. The number of benzene rings is 3. The summed E-state index contributed by atoms with van der Waals surface area (Å²) in [4.78, 5) is 32.4. The third-order valence-corrected chi connectivity index (χ3v) is 9.14. The van der Waals surface area contributed by atoms with Gasteiger partial charge in [0.15, 0.2) is 16.3 Å². The summed E-state index contributed by atoms with van der Waals surface area (Å²) in [6.45, 7) is 3.88. The van der Waals surface area contributed by atoms with Gasteiger partial charge in [-0.2, -0.15) is 0 Å². The second-order valence-corrected chi connectivity index (χ2v) is 12.3. The van der Waals surface area contributed by atoms with Crippen molar-refractivity contribution < 1.29 is 23.7 Å². The van der Waals surface area contributed by atoms with Crippen LogP contribution in [0.25, 0.3) is 6.08 Å². The van der Waals surface area contributed by atoms with Gasteiger partial charge in [-0.25, -0.2) is 9.79 Å². The van der Waals surface area contributed by atoms with Crippen LogP contribution in [0.4, 0.5) is 0 Å². The van der Waals surface area contributed by atoms with Gasteiger partial charge in [0.05, 0.1) is 42.7 Å². The van der Waals surface area contributed by atoms with Gasteiger partial charge < -0.3 is 18.9 Å². The number of esters is 1. The highest BCUT2D eigenvalue weighted by atomic mass is 79.9. The highest BCUT2D eigenvalue weighted by Crippen LogP contribution is 2.40. The molecule has 44 heavy (non-hydrogen) atoms. The Kier molecular flexibility index (Phi) is 9.84. The Morgan fingerprint density at radius 2 is 1.84 bits per heavy atom. The van der Waals surface area contributed by atoms with Crippen LogP contribution in [0.3, 0.4) is 0 Å². The molecule has 0 fully saturated rings. The molecule has 3 aromatic carbocycles. The van der Waals surface area contributed by atoms with Crippen LogP contribution >= 0.6 is 50.5 Å². The van der Waals surface area contributed by atoms with Gasteiger partial charge in [0.25, 0.3) is 5.56 Å². The van der Waals surface area contributed by atoms with Crippen LogP contribution in [0.1, 0.15) is 36.6 Å². The normalized spacial score (nSPS) is 14.6. The van der Waals surface area contributed by atoms with Crippen molar-refractivity contribution in [3.63, 3.8) is 0 Å². The predicted molar refractivity (Wildman–Crippen MR) is 175 cm³/mol. The van der Waals surface area contributed by atoms with E-state index in [1.165, 1.54) is 30.1 Å². The van der Waals surface area contributed by atoms with Gasteiger partial charge in [-0.3, -0.25) is 9.36 Å². The van der Waals surface area contributed by atoms with Crippen LogP contribution in [0.5, 0.6) is 17.2 Å². The molecule has 0 amide bonds. The number of hydrogen-bond acceptors (Lipinski definition) is 8. The van der Waals surface area contributed by atoms with Crippen molar-refractivity contribution in [3.05, 3.63) is 117 Å². The molecule has 1 atom stereocenters. The quantitative estimate of drug-likeness (QED) is 0.185. The van der Waals surface area contributed by atoms with Crippen molar-refractivity contribution in [3.8, 4) is 17.2 Å². The molecule has 0 aliphatic carbocycles. The largest absolute Gasteiger partial charge is 0.493 e. The first-order chi connectivity index (χ1) is 21.1. The molecule has 0 radical (unpaired) electrons. The Hall–Kier alpha value is -3.57. The number of carbonyl (C=O) groups excluding carboxylic acids is 1. The second-order valence-electron chi connectivity index (χ2n) is 9.63. The first-order valence-electron chi connectivity index (χ1n) is 13.4. The van der Waals surface area contributed by atoms with E-state index < -0.39 is 12.0 Å². The molecule has 1 aliphatic rings. The van der Waals surface area contributed by atoms with E-state index in [1.807, 2.05) is 30.3 Å². The van der Waals surface area contributed by atoms with E-state index in [0.29, 0.717) is 52.4 Å². The minimum Gasteiger partial charge on any atom is -0.493 e. The van der Waals surface area contributed by atoms with Crippen LogP contribution in [-0.4, -0.2) is 31.4 Å². The summed E-state index contributed by atoms with van der Waals surface area (Å²) in [5.41, 5.74) is 2.57. The lowest BCUT2D eigenvalue weighted by Gasteiger charge is -2.26. The van der Waals surface area contributed by atoms with E-state index in [2.05, 4.69) is 20.9 Å². The zero-order valence-electron chi connectivity index (χ0n) is 24.2. The summed E-state index contributed by atoms with van der Waals surface area (Å²) in [6.07, 6.45) is 1.77. The third kappa shape index (κ3) is 6.44. The number of aromatic nitrogens is 1.